The molecule has 0 spiro atoms. The van der Waals surface area contributed by atoms with Crippen molar-refractivity contribution in [2.24, 2.45) is 0 Å². The molecule has 3 aromatic rings. The van der Waals surface area contributed by atoms with Crippen LogP contribution in [0.4, 0.5) is 4.39 Å². The number of H-pyrrole nitrogens is 1. The molecule has 0 aliphatic carbocycles. The molecule has 1 aromatic heterocycles. The van der Waals surface area contributed by atoms with Gasteiger partial charge in [0.25, 0.3) is 0 Å². The Labute approximate surface area is 128 Å². The van der Waals surface area contributed by atoms with E-state index in [0.29, 0.717) is 26.5 Å². The van der Waals surface area contributed by atoms with Crippen molar-refractivity contribution < 1.29 is 9.18 Å². The van der Waals surface area contributed by atoms with Crippen LogP contribution in [0.25, 0.3) is 10.9 Å². The lowest BCUT2D eigenvalue weighted by Gasteiger charge is -2.01. The van der Waals surface area contributed by atoms with E-state index in [4.69, 9.17) is 5.26 Å². The number of nitrogens with one attached hydrogen (secondary N) is 1. The standard InChI is InChI=1S/C16H8BrFN2O/c17-11-4-10(5-12(18)6-11)16(21)14-8-20-15-3-9(7-19)1-2-13(14)15/h1-6,8,20H. The lowest BCUT2D eigenvalue weighted by Crippen LogP contribution is -2.01. The number of fused-ring (bicyclic) bond motifs is 1. The molecular formula is C16H8BrFN2O. The van der Waals surface area contributed by atoms with Crippen molar-refractivity contribution in [2.45, 2.75) is 0 Å². The molecule has 3 rings (SSSR count). The summed E-state index contributed by atoms with van der Waals surface area (Å²) in [4.78, 5) is 15.5. The zero-order valence-electron chi connectivity index (χ0n) is 10.7. The Bertz CT molecular complexity index is 888. The van der Waals surface area contributed by atoms with Crippen molar-refractivity contribution in [3.63, 3.8) is 0 Å². The van der Waals surface area contributed by atoms with Gasteiger partial charge in [-0.25, -0.2) is 4.39 Å². The summed E-state index contributed by atoms with van der Waals surface area (Å²) < 4.78 is 13.9. The van der Waals surface area contributed by atoms with Crippen LogP contribution in [0.3, 0.4) is 0 Å². The van der Waals surface area contributed by atoms with Gasteiger partial charge in [-0.3, -0.25) is 4.79 Å². The molecule has 102 valence electrons. The number of nitrogens with zero attached hydrogens (tertiary/aromatic N) is 1. The van der Waals surface area contributed by atoms with Gasteiger partial charge in [-0.1, -0.05) is 22.0 Å². The Morgan fingerprint density at radius 3 is 2.76 bits per heavy atom. The quantitative estimate of drug-likeness (QED) is 0.710. The highest BCUT2D eigenvalue weighted by Gasteiger charge is 2.15. The van der Waals surface area contributed by atoms with E-state index in [2.05, 4.69) is 20.9 Å². The number of nitriles is 1. The summed E-state index contributed by atoms with van der Waals surface area (Å²) in [6.45, 7) is 0. The monoisotopic (exact) mass is 342 g/mol. The van der Waals surface area contributed by atoms with Crippen molar-refractivity contribution in [3.05, 3.63) is 69.6 Å². The van der Waals surface area contributed by atoms with E-state index in [9.17, 15) is 9.18 Å². The van der Waals surface area contributed by atoms with Crippen LogP contribution in [-0.2, 0) is 0 Å². The molecule has 0 saturated heterocycles. The van der Waals surface area contributed by atoms with E-state index in [1.165, 1.54) is 12.1 Å². The van der Waals surface area contributed by atoms with Crippen molar-refractivity contribution in [1.82, 2.24) is 4.98 Å². The summed E-state index contributed by atoms with van der Waals surface area (Å²) >= 11 is 3.18. The Hall–Kier alpha value is -2.45. The third-order valence-electron chi connectivity index (χ3n) is 3.18. The van der Waals surface area contributed by atoms with Crippen molar-refractivity contribution in [1.29, 1.82) is 5.26 Å². The third kappa shape index (κ3) is 2.46. The molecule has 1 heterocycles. The van der Waals surface area contributed by atoms with E-state index >= 15 is 0 Å². The fraction of sp³-hybridized carbons (Fsp3) is 0. The molecule has 0 bridgehead atoms. The van der Waals surface area contributed by atoms with E-state index in [1.54, 1.807) is 30.5 Å². The van der Waals surface area contributed by atoms with Gasteiger partial charge in [-0.2, -0.15) is 5.26 Å². The fourth-order valence-corrected chi connectivity index (χ4v) is 2.69. The van der Waals surface area contributed by atoms with Gasteiger partial charge in [0.15, 0.2) is 5.78 Å². The molecule has 1 N–H and O–H groups in total. The van der Waals surface area contributed by atoms with Gasteiger partial charge in [0.1, 0.15) is 5.82 Å². The van der Waals surface area contributed by atoms with Gasteiger partial charge in [-0.15, -0.1) is 0 Å². The van der Waals surface area contributed by atoms with Gasteiger partial charge in [0.05, 0.1) is 11.6 Å². The summed E-state index contributed by atoms with van der Waals surface area (Å²) in [5.41, 5.74) is 1.93. The molecule has 2 aromatic carbocycles. The molecule has 0 radical (unpaired) electrons. The number of benzene rings is 2. The summed E-state index contributed by atoms with van der Waals surface area (Å²) in [7, 11) is 0. The lowest BCUT2D eigenvalue weighted by atomic mass is 10.0. The van der Waals surface area contributed by atoms with Crippen molar-refractivity contribution in [2.75, 3.05) is 0 Å². The van der Waals surface area contributed by atoms with Crippen LogP contribution >= 0.6 is 15.9 Å². The van der Waals surface area contributed by atoms with E-state index in [1.807, 2.05) is 6.07 Å². The van der Waals surface area contributed by atoms with Gasteiger partial charge < -0.3 is 4.98 Å². The zero-order chi connectivity index (χ0) is 15.0. The molecular weight excluding hydrogens is 335 g/mol. The number of hydrogen-bond acceptors (Lipinski definition) is 2. The topological polar surface area (TPSA) is 56.6 Å². The maximum Gasteiger partial charge on any atom is 0.195 e. The van der Waals surface area contributed by atoms with Crippen molar-refractivity contribution >= 4 is 32.6 Å². The number of hydrogen-bond donors (Lipinski definition) is 1. The zero-order valence-corrected chi connectivity index (χ0v) is 12.2. The highest BCUT2D eigenvalue weighted by molar-refractivity contribution is 9.10. The maximum atomic E-state index is 13.4. The van der Waals surface area contributed by atoms with Crippen LogP contribution in [0.1, 0.15) is 21.5 Å². The molecule has 21 heavy (non-hydrogen) atoms. The van der Waals surface area contributed by atoms with Crippen LogP contribution in [-0.4, -0.2) is 10.8 Å². The van der Waals surface area contributed by atoms with Crippen molar-refractivity contribution in [3.8, 4) is 6.07 Å². The summed E-state index contributed by atoms with van der Waals surface area (Å²) in [5, 5.41) is 9.58. The van der Waals surface area contributed by atoms with E-state index in [-0.39, 0.29) is 11.3 Å². The summed E-state index contributed by atoms with van der Waals surface area (Å²) in [6, 6.07) is 11.2. The number of halogens is 2. The Kier molecular flexibility index (Phi) is 3.32. The average molecular weight is 343 g/mol. The molecule has 0 unspecified atom stereocenters. The van der Waals surface area contributed by atoms with E-state index < -0.39 is 5.82 Å². The number of rotatable bonds is 2. The van der Waals surface area contributed by atoms with Crippen LogP contribution in [0.5, 0.6) is 0 Å². The molecule has 0 saturated carbocycles. The maximum absolute atomic E-state index is 13.4. The predicted molar refractivity (Wildman–Crippen MR) is 80.5 cm³/mol. The SMILES string of the molecule is N#Cc1ccc2c(C(=O)c3cc(F)cc(Br)c3)c[nH]c2c1. The van der Waals surface area contributed by atoms with Crippen LogP contribution in [0.15, 0.2) is 47.1 Å². The Balaban J connectivity index is 2.12. The summed E-state index contributed by atoms with van der Waals surface area (Å²) in [5.74, 6) is -0.745. The van der Waals surface area contributed by atoms with Gasteiger partial charge in [0, 0.05) is 32.7 Å². The first-order chi connectivity index (χ1) is 10.1. The molecule has 3 nitrogen and oxygen atoms in total. The normalized spacial score (nSPS) is 10.5. The molecule has 0 atom stereocenters. The molecule has 5 heteroatoms. The second-order valence-electron chi connectivity index (χ2n) is 4.56. The minimum atomic E-state index is -0.473. The molecule has 0 fully saturated rings. The second kappa shape index (κ2) is 5.15. The van der Waals surface area contributed by atoms with Gasteiger partial charge >= 0.3 is 0 Å². The number of ketones is 1. The first-order valence-corrected chi connectivity index (χ1v) is 6.90. The minimum Gasteiger partial charge on any atom is -0.360 e. The second-order valence-corrected chi connectivity index (χ2v) is 5.48. The first-order valence-electron chi connectivity index (χ1n) is 6.10. The number of aromatic amines is 1. The third-order valence-corrected chi connectivity index (χ3v) is 3.64. The van der Waals surface area contributed by atoms with Crippen LogP contribution < -0.4 is 0 Å². The van der Waals surface area contributed by atoms with Crippen LogP contribution in [0, 0.1) is 17.1 Å². The highest BCUT2D eigenvalue weighted by Crippen LogP contribution is 2.24. The molecule has 0 amide bonds. The highest BCUT2D eigenvalue weighted by atomic mass is 79.9. The smallest absolute Gasteiger partial charge is 0.195 e. The molecule has 0 aliphatic heterocycles. The minimum absolute atomic E-state index is 0.270. The number of carbonyl (C=O) groups excluding carboxylic acids is 1. The lowest BCUT2D eigenvalue weighted by molar-refractivity contribution is 0.104. The largest absolute Gasteiger partial charge is 0.360 e. The first kappa shape index (κ1) is 13.5. The van der Waals surface area contributed by atoms with E-state index in [0.717, 1.165) is 0 Å². The Morgan fingerprint density at radius 1 is 1.24 bits per heavy atom. The van der Waals surface area contributed by atoms with Crippen LogP contribution in [0.2, 0.25) is 0 Å². The fourth-order valence-electron chi connectivity index (χ4n) is 2.22. The number of carbonyl (C=O) groups is 1. The number of aromatic nitrogens is 1. The summed E-state index contributed by atoms with van der Waals surface area (Å²) in [6.07, 6.45) is 1.58. The Morgan fingerprint density at radius 2 is 2.05 bits per heavy atom. The average Bonchev–Trinajstić information content (AvgIpc) is 2.88. The predicted octanol–water partition coefficient (Wildman–Crippen LogP) is 4.17. The molecule has 0 aliphatic rings. The van der Waals surface area contributed by atoms with Gasteiger partial charge in [-0.05, 0) is 30.3 Å². The van der Waals surface area contributed by atoms with Gasteiger partial charge in [0.2, 0.25) is 0 Å².